The summed E-state index contributed by atoms with van der Waals surface area (Å²) in [4.78, 5) is 17.0. The molecule has 1 aromatic heterocycles. The Bertz CT molecular complexity index is 797. The average molecular weight is 289 g/mol. The van der Waals surface area contributed by atoms with E-state index in [2.05, 4.69) is 10.3 Å². The maximum Gasteiger partial charge on any atom is 0.331 e. The summed E-state index contributed by atoms with van der Waals surface area (Å²) in [6, 6.07) is 8.17. The number of rotatable bonds is 2. The van der Waals surface area contributed by atoms with Crippen LogP contribution in [0.1, 0.15) is 25.0 Å². The Morgan fingerprint density at radius 2 is 1.90 bits per heavy atom. The molecule has 4 rings (SSSR count). The number of amidine groups is 1. The summed E-state index contributed by atoms with van der Waals surface area (Å²) in [7, 11) is 0. The van der Waals surface area contributed by atoms with Crippen LogP contribution in [0.3, 0.4) is 0 Å². The predicted molar refractivity (Wildman–Crippen MR) is 79.1 cm³/mol. The normalized spacial score (nSPS) is 21.9. The maximum atomic E-state index is 12.7. The minimum absolute atomic E-state index is 0.0153. The molecule has 2 heterocycles. The molecule has 2 aromatic rings. The fourth-order valence-electron chi connectivity index (χ4n) is 2.68. The van der Waals surface area contributed by atoms with Gasteiger partial charge in [-0.25, -0.2) is 9.79 Å². The van der Waals surface area contributed by atoms with Crippen molar-refractivity contribution < 1.29 is 0 Å². The Hall–Kier alpha value is -2.01. The molecule has 1 unspecified atom stereocenters. The van der Waals surface area contributed by atoms with Crippen molar-refractivity contribution in [3.8, 4) is 0 Å². The van der Waals surface area contributed by atoms with Crippen LogP contribution in [0.25, 0.3) is 11.0 Å². The largest absolute Gasteiger partial charge is 0.337 e. The highest BCUT2D eigenvalue weighted by Crippen LogP contribution is 2.36. The summed E-state index contributed by atoms with van der Waals surface area (Å²) in [5.74, 6) is 0. The lowest BCUT2D eigenvalue weighted by Gasteiger charge is -2.14. The average Bonchev–Trinajstić information content (AvgIpc) is 3.22. The number of para-hydroxylation sites is 2. The van der Waals surface area contributed by atoms with Crippen molar-refractivity contribution >= 4 is 27.9 Å². The zero-order chi connectivity index (χ0) is 13.7. The predicted octanol–water partition coefficient (Wildman–Crippen LogP) is 2.35. The van der Waals surface area contributed by atoms with Crippen LogP contribution in [-0.2, 0) is 0 Å². The molecule has 1 saturated carbocycles. The Kier molecular flexibility index (Phi) is 2.50. The van der Waals surface area contributed by atoms with Gasteiger partial charge in [0, 0.05) is 12.2 Å². The second-order valence-electron chi connectivity index (χ2n) is 5.08. The SMILES string of the molecule is O=c1n(C2CC2)c2ccccc2n1C1C=CNC(Cl)=N1. The van der Waals surface area contributed by atoms with E-state index in [-0.39, 0.29) is 11.9 Å². The van der Waals surface area contributed by atoms with Crippen LogP contribution in [0.15, 0.2) is 46.3 Å². The molecule has 2 aliphatic rings. The summed E-state index contributed by atoms with van der Waals surface area (Å²) in [5.41, 5.74) is 1.85. The standard InChI is InChI=1S/C14H13ClN4O/c15-13-16-8-7-12(17-13)19-11-4-2-1-3-10(11)18(14(19)20)9-5-6-9/h1-4,7-9,12H,5-6H2,(H,16,17). The third-order valence-electron chi connectivity index (χ3n) is 3.71. The zero-order valence-corrected chi connectivity index (χ0v) is 11.4. The summed E-state index contributed by atoms with van der Waals surface area (Å²) >= 11 is 5.91. The first-order valence-corrected chi connectivity index (χ1v) is 7.01. The summed E-state index contributed by atoms with van der Waals surface area (Å²) in [5, 5.41) is 3.10. The number of benzene rings is 1. The van der Waals surface area contributed by atoms with E-state index in [1.54, 1.807) is 10.8 Å². The number of hydrogen-bond donors (Lipinski definition) is 1. The van der Waals surface area contributed by atoms with E-state index >= 15 is 0 Å². The van der Waals surface area contributed by atoms with E-state index < -0.39 is 0 Å². The highest BCUT2D eigenvalue weighted by molar-refractivity contribution is 6.64. The molecule has 1 N–H and O–H groups in total. The summed E-state index contributed by atoms with van der Waals surface area (Å²) in [6.45, 7) is 0. The van der Waals surface area contributed by atoms with Crippen molar-refractivity contribution in [1.29, 1.82) is 0 Å². The molecule has 6 heteroatoms. The van der Waals surface area contributed by atoms with Crippen LogP contribution in [0.5, 0.6) is 0 Å². The topological polar surface area (TPSA) is 51.3 Å². The molecule has 0 radical (unpaired) electrons. The lowest BCUT2D eigenvalue weighted by molar-refractivity contribution is 0.586. The van der Waals surface area contributed by atoms with Gasteiger partial charge in [-0.1, -0.05) is 12.1 Å². The lowest BCUT2D eigenvalue weighted by Crippen LogP contribution is -2.28. The van der Waals surface area contributed by atoms with E-state index in [0.29, 0.717) is 11.3 Å². The number of nitrogens with one attached hydrogen (secondary N) is 1. The number of halogens is 1. The van der Waals surface area contributed by atoms with E-state index in [0.717, 1.165) is 23.9 Å². The third-order valence-corrected chi connectivity index (χ3v) is 3.91. The van der Waals surface area contributed by atoms with E-state index in [4.69, 9.17) is 11.6 Å². The molecule has 5 nitrogen and oxygen atoms in total. The quantitative estimate of drug-likeness (QED) is 0.863. The first kappa shape index (κ1) is 11.8. The highest BCUT2D eigenvalue weighted by atomic mass is 35.5. The van der Waals surface area contributed by atoms with Gasteiger partial charge in [-0.05, 0) is 42.7 Å². The van der Waals surface area contributed by atoms with Crippen LogP contribution in [0.2, 0.25) is 0 Å². The van der Waals surface area contributed by atoms with Gasteiger partial charge < -0.3 is 5.32 Å². The second-order valence-corrected chi connectivity index (χ2v) is 5.44. The van der Waals surface area contributed by atoms with Gasteiger partial charge in [-0.3, -0.25) is 9.13 Å². The van der Waals surface area contributed by atoms with Crippen molar-refractivity contribution in [3.63, 3.8) is 0 Å². The molecule has 0 amide bonds. The first-order valence-electron chi connectivity index (χ1n) is 6.63. The van der Waals surface area contributed by atoms with Gasteiger partial charge in [-0.2, -0.15) is 0 Å². The Morgan fingerprint density at radius 1 is 1.20 bits per heavy atom. The fourth-order valence-corrected chi connectivity index (χ4v) is 2.84. The number of nitrogens with zero attached hydrogens (tertiary/aromatic N) is 3. The monoisotopic (exact) mass is 288 g/mol. The van der Waals surface area contributed by atoms with Crippen molar-refractivity contribution in [2.45, 2.75) is 25.0 Å². The van der Waals surface area contributed by atoms with Crippen LogP contribution in [-0.4, -0.2) is 14.4 Å². The highest BCUT2D eigenvalue weighted by Gasteiger charge is 2.30. The maximum absolute atomic E-state index is 12.7. The Morgan fingerprint density at radius 3 is 2.55 bits per heavy atom. The molecular formula is C14H13ClN4O. The summed E-state index contributed by atoms with van der Waals surface area (Å²) < 4.78 is 3.59. The van der Waals surface area contributed by atoms with Crippen molar-refractivity contribution in [2.24, 2.45) is 4.99 Å². The van der Waals surface area contributed by atoms with Crippen LogP contribution >= 0.6 is 11.6 Å². The molecule has 102 valence electrons. The molecule has 1 aliphatic carbocycles. The molecule has 1 aliphatic heterocycles. The number of imidazole rings is 1. The Labute approximate surface area is 120 Å². The smallest absolute Gasteiger partial charge is 0.331 e. The molecule has 0 saturated heterocycles. The van der Waals surface area contributed by atoms with Gasteiger partial charge in [0.25, 0.3) is 0 Å². The molecule has 20 heavy (non-hydrogen) atoms. The lowest BCUT2D eigenvalue weighted by atomic mass is 10.3. The van der Waals surface area contributed by atoms with Gasteiger partial charge in [-0.15, -0.1) is 0 Å². The van der Waals surface area contributed by atoms with Gasteiger partial charge in [0.2, 0.25) is 0 Å². The summed E-state index contributed by atoms with van der Waals surface area (Å²) in [6.07, 6.45) is 5.30. The molecule has 1 fully saturated rings. The molecule has 0 bridgehead atoms. The van der Waals surface area contributed by atoms with Gasteiger partial charge in [0.15, 0.2) is 11.5 Å². The number of hydrogen-bond acceptors (Lipinski definition) is 3. The fraction of sp³-hybridized carbons (Fsp3) is 0.286. The van der Waals surface area contributed by atoms with Crippen LogP contribution in [0, 0.1) is 0 Å². The Balaban J connectivity index is 1.99. The number of aliphatic imine (C=N–C) groups is 1. The number of aromatic nitrogens is 2. The van der Waals surface area contributed by atoms with E-state index in [1.165, 1.54) is 0 Å². The van der Waals surface area contributed by atoms with E-state index in [9.17, 15) is 4.79 Å². The third kappa shape index (κ3) is 1.70. The van der Waals surface area contributed by atoms with Crippen molar-refractivity contribution in [3.05, 3.63) is 47.0 Å². The van der Waals surface area contributed by atoms with Crippen molar-refractivity contribution in [2.75, 3.05) is 0 Å². The van der Waals surface area contributed by atoms with E-state index in [1.807, 2.05) is 34.9 Å². The van der Waals surface area contributed by atoms with Gasteiger partial charge >= 0.3 is 5.69 Å². The first-order chi connectivity index (χ1) is 9.75. The van der Waals surface area contributed by atoms with Crippen LogP contribution < -0.4 is 11.0 Å². The van der Waals surface area contributed by atoms with Gasteiger partial charge in [0.1, 0.15) is 0 Å². The molecule has 0 spiro atoms. The molecular weight excluding hydrogens is 276 g/mol. The molecule has 1 atom stereocenters. The molecule has 1 aromatic carbocycles. The second kappa shape index (κ2) is 4.24. The minimum atomic E-state index is -0.388. The van der Waals surface area contributed by atoms with Gasteiger partial charge in [0.05, 0.1) is 11.0 Å². The zero-order valence-electron chi connectivity index (χ0n) is 10.7. The van der Waals surface area contributed by atoms with Crippen LogP contribution in [0.4, 0.5) is 0 Å². The van der Waals surface area contributed by atoms with Crippen molar-refractivity contribution in [1.82, 2.24) is 14.5 Å². The number of fused-ring (bicyclic) bond motifs is 1. The minimum Gasteiger partial charge on any atom is -0.337 e.